The van der Waals surface area contributed by atoms with Crippen molar-refractivity contribution in [3.8, 4) is 0 Å². The summed E-state index contributed by atoms with van der Waals surface area (Å²) in [6.07, 6.45) is -4.72. The van der Waals surface area contributed by atoms with Gasteiger partial charge in [-0.25, -0.2) is 9.97 Å². The van der Waals surface area contributed by atoms with Gasteiger partial charge in [-0.3, -0.25) is 0 Å². The van der Waals surface area contributed by atoms with Crippen molar-refractivity contribution in [1.82, 2.24) is 25.0 Å². The summed E-state index contributed by atoms with van der Waals surface area (Å²) in [5, 5.41) is 18.6. The number of hydrogen-bond acceptors (Lipinski definition) is 6. The quantitative estimate of drug-likeness (QED) is 0.891. The first-order valence-electron chi connectivity index (χ1n) is 8.52. The van der Waals surface area contributed by atoms with Crippen molar-refractivity contribution < 1.29 is 18.3 Å². The van der Waals surface area contributed by atoms with Gasteiger partial charge in [0.25, 0.3) is 0 Å². The first-order chi connectivity index (χ1) is 11.8. The summed E-state index contributed by atoms with van der Waals surface area (Å²) in [7, 11) is 0. The number of aromatic nitrogens is 5. The average molecular weight is 372 g/mol. The number of halogens is 3. The Bertz CT molecular complexity index is 809. The van der Waals surface area contributed by atoms with Crippen molar-refractivity contribution in [2.24, 2.45) is 0 Å². The Morgan fingerprint density at radius 1 is 1.15 bits per heavy atom. The van der Waals surface area contributed by atoms with Gasteiger partial charge >= 0.3 is 6.18 Å². The second-order valence-corrected chi connectivity index (χ2v) is 8.12. The van der Waals surface area contributed by atoms with Crippen molar-refractivity contribution in [1.29, 1.82) is 0 Å². The summed E-state index contributed by atoms with van der Waals surface area (Å²) in [4.78, 5) is 11.9. The Balaban J connectivity index is 2.04. The summed E-state index contributed by atoms with van der Waals surface area (Å²) in [5.41, 5.74) is -0.571. The maximum atomic E-state index is 12.5. The van der Waals surface area contributed by atoms with Crippen LogP contribution in [0.5, 0.6) is 0 Å². The Morgan fingerprint density at radius 3 is 2.38 bits per heavy atom. The molecule has 1 N–H and O–H groups in total. The van der Waals surface area contributed by atoms with Crippen LogP contribution in [0, 0.1) is 0 Å². The summed E-state index contributed by atoms with van der Waals surface area (Å²) < 4.78 is 37.5. The molecule has 1 atom stereocenters. The molecule has 1 aliphatic rings. The second kappa shape index (κ2) is 6.04. The van der Waals surface area contributed by atoms with Gasteiger partial charge in [0.15, 0.2) is 11.3 Å². The molecule has 2 aromatic heterocycles. The van der Waals surface area contributed by atoms with Gasteiger partial charge < -0.3 is 10.0 Å². The maximum Gasteiger partial charge on any atom is 0.390 e. The van der Waals surface area contributed by atoms with Crippen molar-refractivity contribution in [3.05, 3.63) is 5.82 Å². The van der Waals surface area contributed by atoms with Crippen LogP contribution < -0.4 is 4.90 Å². The summed E-state index contributed by atoms with van der Waals surface area (Å²) in [6.45, 7) is 8.18. The number of hydrogen-bond donors (Lipinski definition) is 1. The first kappa shape index (κ1) is 18.8. The normalized spacial score (nSPS) is 21.8. The molecule has 3 heterocycles. The van der Waals surface area contributed by atoms with E-state index < -0.39 is 18.2 Å². The van der Waals surface area contributed by atoms with Crippen LogP contribution in [0.15, 0.2) is 0 Å². The van der Waals surface area contributed by atoms with Crippen LogP contribution in [0.2, 0.25) is 0 Å². The fourth-order valence-corrected chi connectivity index (χ4v) is 2.85. The number of aliphatic hydroxyl groups is 1. The molecule has 0 amide bonds. The molecule has 10 heteroatoms. The van der Waals surface area contributed by atoms with Crippen LogP contribution in [0.25, 0.3) is 11.2 Å². The molecule has 1 fully saturated rings. The van der Waals surface area contributed by atoms with Crippen LogP contribution in [0.4, 0.5) is 19.0 Å². The highest BCUT2D eigenvalue weighted by molar-refractivity contribution is 5.82. The minimum atomic E-state index is -4.28. The molecule has 7 nitrogen and oxygen atoms in total. The van der Waals surface area contributed by atoms with Gasteiger partial charge in [-0.15, -0.1) is 10.2 Å². The summed E-state index contributed by atoms with van der Waals surface area (Å²) in [5.74, 6) is 1.05. The average Bonchev–Trinajstić information content (AvgIpc) is 3.05. The lowest BCUT2D eigenvalue weighted by Gasteiger charge is -2.22. The topological polar surface area (TPSA) is 80.0 Å². The smallest absolute Gasteiger partial charge is 0.388 e. The predicted octanol–water partition coefficient (Wildman–Crippen LogP) is 2.43. The molecule has 0 unspecified atom stereocenters. The van der Waals surface area contributed by atoms with Crippen LogP contribution >= 0.6 is 0 Å². The number of fused-ring (bicyclic) bond motifs is 1. The molecule has 1 aliphatic heterocycles. The van der Waals surface area contributed by atoms with E-state index in [-0.39, 0.29) is 17.6 Å². The SMILES string of the molecule is CC(C)(C)c1nc(N2CC[C@@](C)(O)C2)c2nn(CCC(F)(F)F)nc2n1. The molecule has 0 spiro atoms. The van der Waals surface area contributed by atoms with E-state index in [1.165, 1.54) is 0 Å². The zero-order chi connectivity index (χ0) is 19.3. The minimum Gasteiger partial charge on any atom is -0.388 e. The van der Waals surface area contributed by atoms with Crippen LogP contribution in [-0.2, 0) is 12.0 Å². The summed E-state index contributed by atoms with van der Waals surface area (Å²) >= 11 is 0. The van der Waals surface area contributed by atoms with E-state index in [1.807, 2.05) is 25.7 Å². The zero-order valence-electron chi connectivity index (χ0n) is 15.3. The molecular formula is C16H23F3N6O. The molecule has 0 saturated carbocycles. The zero-order valence-corrected chi connectivity index (χ0v) is 15.3. The largest absolute Gasteiger partial charge is 0.390 e. The van der Waals surface area contributed by atoms with Gasteiger partial charge in [0.05, 0.1) is 18.6 Å². The number of alkyl halides is 3. The fourth-order valence-electron chi connectivity index (χ4n) is 2.85. The number of aryl methyl sites for hydroxylation is 1. The molecule has 0 radical (unpaired) electrons. The van der Waals surface area contributed by atoms with Crippen LogP contribution in [-0.4, -0.2) is 54.9 Å². The summed E-state index contributed by atoms with van der Waals surface area (Å²) in [6, 6.07) is 0. The van der Waals surface area contributed by atoms with Crippen molar-refractivity contribution in [3.63, 3.8) is 0 Å². The maximum absolute atomic E-state index is 12.5. The Labute approximate surface area is 149 Å². The second-order valence-electron chi connectivity index (χ2n) is 8.12. The van der Waals surface area contributed by atoms with Crippen molar-refractivity contribution in [2.45, 2.75) is 64.3 Å². The molecule has 144 valence electrons. The third-order valence-corrected chi connectivity index (χ3v) is 4.29. The lowest BCUT2D eigenvalue weighted by atomic mass is 9.96. The molecule has 0 bridgehead atoms. The molecule has 26 heavy (non-hydrogen) atoms. The van der Waals surface area contributed by atoms with E-state index in [1.54, 1.807) is 6.92 Å². The van der Waals surface area contributed by atoms with Gasteiger partial charge in [0.2, 0.25) is 5.65 Å². The third kappa shape index (κ3) is 4.05. The Kier molecular flexibility index (Phi) is 4.37. The number of β-amino-alcohol motifs (C(OH)–C–C–N with tert-alkyl or cyclic N) is 1. The van der Waals surface area contributed by atoms with E-state index >= 15 is 0 Å². The van der Waals surface area contributed by atoms with E-state index in [2.05, 4.69) is 20.2 Å². The van der Waals surface area contributed by atoms with Crippen LogP contribution in [0.1, 0.15) is 46.4 Å². The third-order valence-electron chi connectivity index (χ3n) is 4.29. The van der Waals surface area contributed by atoms with Gasteiger partial charge in [-0.1, -0.05) is 20.8 Å². The molecule has 1 saturated heterocycles. The van der Waals surface area contributed by atoms with E-state index in [9.17, 15) is 18.3 Å². The van der Waals surface area contributed by atoms with Crippen molar-refractivity contribution in [2.75, 3.05) is 18.0 Å². The standard InChI is InChI=1S/C16H23F3N6O/c1-14(2,3)13-20-11-10(22-25(23-11)8-6-16(17,18)19)12(21-13)24-7-5-15(4,26)9-24/h26H,5-9H2,1-4H3/t15-/m1/s1. The minimum absolute atomic E-state index is 0.272. The van der Waals surface area contributed by atoms with E-state index in [0.717, 1.165) is 4.80 Å². The number of anilines is 1. The Morgan fingerprint density at radius 2 is 1.85 bits per heavy atom. The molecular weight excluding hydrogens is 349 g/mol. The Hall–Kier alpha value is -1.97. The molecule has 0 aromatic carbocycles. The van der Waals surface area contributed by atoms with Gasteiger partial charge in [0.1, 0.15) is 5.82 Å². The highest BCUT2D eigenvalue weighted by Gasteiger charge is 2.35. The van der Waals surface area contributed by atoms with Gasteiger partial charge in [0, 0.05) is 18.5 Å². The lowest BCUT2D eigenvalue weighted by Crippen LogP contribution is -2.31. The number of rotatable bonds is 3. The fraction of sp³-hybridized carbons (Fsp3) is 0.750. The predicted molar refractivity (Wildman–Crippen MR) is 89.9 cm³/mol. The molecule has 0 aliphatic carbocycles. The lowest BCUT2D eigenvalue weighted by molar-refractivity contribution is -0.137. The highest BCUT2D eigenvalue weighted by Crippen LogP contribution is 2.31. The van der Waals surface area contributed by atoms with E-state index in [0.29, 0.717) is 36.7 Å². The van der Waals surface area contributed by atoms with Crippen LogP contribution in [0.3, 0.4) is 0 Å². The van der Waals surface area contributed by atoms with Gasteiger partial charge in [-0.2, -0.15) is 18.0 Å². The molecule has 3 rings (SSSR count). The highest BCUT2D eigenvalue weighted by atomic mass is 19.4. The number of nitrogens with zero attached hydrogens (tertiary/aromatic N) is 6. The first-order valence-corrected chi connectivity index (χ1v) is 8.52. The monoisotopic (exact) mass is 372 g/mol. The van der Waals surface area contributed by atoms with E-state index in [4.69, 9.17) is 0 Å². The molecule has 2 aromatic rings. The van der Waals surface area contributed by atoms with Crippen molar-refractivity contribution >= 4 is 17.0 Å². The van der Waals surface area contributed by atoms with Gasteiger partial charge in [-0.05, 0) is 13.3 Å².